The van der Waals surface area contributed by atoms with Gasteiger partial charge in [-0.1, -0.05) is 243 Å². The van der Waals surface area contributed by atoms with Crippen LogP contribution in [-0.2, 0) is 42.7 Å². The van der Waals surface area contributed by atoms with Crippen LogP contribution in [0.1, 0.15) is 178 Å². The Morgan fingerprint density at radius 2 is 1.06 bits per heavy atom. The summed E-state index contributed by atoms with van der Waals surface area (Å²) in [6.07, 6.45) is 6.03. The van der Waals surface area contributed by atoms with Gasteiger partial charge >= 0.3 is 0 Å². The molecular weight excluding hydrogens is 1200 g/mol. The summed E-state index contributed by atoms with van der Waals surface area (Å²) in [6, 6.07) is 75.9. The minimum atomic E-state index is -0.548. The van der Waals surface area contributed by atoms with Crippen molar-refractivity contribution in [3.8, 4) is 39.8 Å². The van der Waals surface area contributed by atoms with E-state index in [1.165, 1.54) is 44.5 Å². The molecule has 0 spiro atoms. The smallest absolute Gasteiger partial charge is 0.267 e. The van der Waals surface area contributed by atoms with Gasteiger partial charge in [0.05, 0.1) is 17.1 Å². The van der Waals surface area contributed by atoms with Gasteiger partial charge in [0.2, 0.25) is 0 Å². The summed E-state index contributed by atoms with van der Waals surface area (Å²) in [4.78, 5) is 5.15. The number of rotatable bonds is 15. The summed E-state index contributed by atoms with van der Waals surface area (Å²) in [5.74, 6) is 3.06. The molecule has 0 amide bonds. The van der Waals surface area contributed by atoms with Crippen LogP contribution in [0.5, 0.6) is 11.5 Å². The Morgan fingerprint density at radius 3 is 1.65 bits per heavy atom. The summed E-state index contributed by atoms with van der Waals surface area (Å²) >= 11 is 0. The summed E-state index contributed by atoms with van der Waals surface area (Å²) < 4.78 is 14.1. The third kappa shape index (κ3) is 11.1. The zero-order chi connectivity index (χ0) is 58.8. The molecule has 11 rings (SSSR count). The summed E-state index contributed by atoms with van der Waals surface area (Å²) in [5.41, 5.74) is 16.9. The maximum absolute atomic E-state index is 7.26. The van der Waals surface area contributed by atoms with Crippen LogP contribution in [0.15, 0.2) is 194 Å². The molecule has 0 atom stereocenters. The average molecular weight is 1280 g/mol. The largest absolute Gasteiger partial charge is 0.510 e. The van der Waals surface area contributed by atoms with Crippen molar-refractivity contribution < 1.29 is 30.4 Å². The predicted octanol–water partition coefficient (Wildman–Crippen LogP) is 19.7. The molecule has 0 N–H and O–H groups in total. The molecule has 8 aromatic carbocycles. The second kappa shape index (κ2) is 23.1. The maximum atomic E-state index is 7.26. The van der Waals surface area contributed by atoms with E-state index in [1.54, 1.807) is 0 Å². The number of hydrogen-bond donors (Lipinski definition) is 0. The van der Waals surface area contributed by atoms with Crippen LogP contribution in [0.2, 0.25) is 0 Å². The first-order valence-electron chi connectivity index (χ1n) is 29.8. The molecular formula is C78H80N4OPt-2. The zero-order valence-electron chi connectivity index (χ0n) is 51.7. The van der Waals surface area contributed by atoms with Crippen LogP contribution in [0, 0.1) is 18.5 Å². The standard InChI is InChI=1S/C78H80N4O.Pt/c1-51(2)55-42-67(52(3)4)72(68(43-55)53(5)6)54-40-41-79-71(44-54)82-69-37-26-25-36-65(69)66-39-38-63(49-70(66)82)83-64-47-60(76(10,11)56-28-19-16-20-29-56)46-62(48-64)81-50-80(61-35-27-34-59(45-61)75(7,8)9)73(77(12,13)57-30-21-17-22-31-57)74(81)78(14,15)58-32-23-18-24-33-58;/h16-47,51-53H,1-15H3;/q-2;. The fourth-order valence-corrected chi connectivity index (χ4v) is 12.4. The van der Waals surface area contributed by atoms with E-state index in [0.29, 0.717) is 29.3 Å². The minimum Gasteiger partial charge on any atom is -0.510 e. The minimum absolute atomic E-state index is 0. The number of fused-ring (bicyclic) bond motifs is 3. The van der Waals surface area contributed by atoms with E-state index in [2.05, 4.69) is 318 Å². The number of ether oxygens (including phenoxy) is 1. The second-order valence-corrected chi connectivity index (χ2v) is 26.3. The fourth-order valence-electron chi connectivity index (χ4n) is 12.4. The Hall–Kier alpha value is -7.59. The molecule has 0 unspecified atom stereocenters. The number of para-hydroxylation sites is 1. The molecule has 0 radical (unpaired) electrons. The van der Waals surface area contributed by atoms with Crippen LogP contribution in [0.3, 0.4) is 0 Å². The molecule has 0 bridgehead atoms. The number of nitrogens with zero attached hydrogens (tertiary/aromatic N) is 4. The molecule has 11 aromatic rings. The van der Waals surface area contributed by atoms with E-state index in [1.807, 2.05) is 12.3 Å². The van der Waals surface area contributed by atoms with Gasteiger partial charge in [-0.15, -0.1) is 35.2 Å². The molecule has 0 aliphatic heterocycles. The molecule has 0 fully saturated rings. The monoisotopic (exact) mass is 1280 g/mol. The summed E-state index contributed by atoms with van der Waals surface area (Å²) in [6.45, 7) is 34.7. The van der Waals surface area contributed by atoms with Crippen molar-refractivity contribution in [2.45, 2.75) is 143 Å². The quantitative estimate of drug-likeness (QED) is 0.0757. The van der Waals surface area contributed by atoms with Gasteiger partial charge in [0.15, 0.2) is 0 Å². The van der Waals surface area contributed by atoms with Crippen molar-refractivity contribution in [2.24, 2.45) is 0 Å². The second-order valence-electron chi connectivity index (χ2n) is 26.3. The van der Waals surface area contributed by atoms with Gasteiger partial charge in [-0.2, -0.15) is 12.1 Å². The van der Waals surface area contributed by atoms with Gasteiger partial charge in [-0.3, -0.25) is 4.57 Å². The van der Waals surface area contributed by atoms with E-state index in [9.17, 15) is 0 Å². The normalized spacial score (nSPS) is 12.5. The average Bonchev–Trinajstić information content (AvgIpc) is 1.63. The van der Waals surface area contributed by atoms with E-state index < -0.39 is 16.2 Å². The Labute approximate surface area is 514 Å². The Kier molecular flexibility index (Phi) is 16.4. The van der Waals surface area contributed by atoms with Gasteiger partial charge in [0, 0.05) is 55.1 Å². The molecule has 430 valence electrons. The first-order valence-corrected chi connectivity index (χ1v) is 29.8. The molecule has 0 saturated heterocycles. The Balaban J connectivity index is 0.00000786. The van der Waals surface area contributed by atoms with Gasteiger partial charge in [-0.25, -0.2) is 4.98 Å². The molecule has 84 heavy (non-hydrogen) atoms. The number of aromatic nitrogens is 4. The Morgan fingerprint density at radius 1 is 0.488 bits per heavy atom. The van der Waals surface area contributed by atoms with Crippen molar-refractivity contribution in [2.75, 3.05) is 0 Å². The summed E-state index contributed by atoms with van der Waals surface area (Å²) in [7, 11) is 0. The van der Waals surface area contributed by atoms with E-state index in [0.717, 1.165) is 61.5 Å². The van der Waals surface area contributed by atoms with Crippen LogP contribution in [0.25, 0.3) is 50.1 Å². The van der Waals surface area contributed by atoms with Gasteiger partial charge < -0.3 is 13.9 Å². The SMILES string of the molecule is CC(C)c1cc(C(C)C)c(-c2ccnc(-n3c4[c-]c(Oc5[c-]c(-n6[c-][n+](-c7cccc(C(C)(C)C)c7)c(C(C)(C)c7ccccc7)c6C(C)(C)c6ccccc6)cc(C(C)(C)c6ccccc6)c5)ccc4c4ccccc43)c2)c(C(C)C)c1.[Pt]. The first-order chi connectivity index (χ1) is 39.5. The topological polar surface area (TPSA) is 35.9 Å². The molecule has 3 heterocycles. The van der Waals surface area contributed by atoms with Gasteiger partial charge in [0.1, 0.15) is 5.82 Å². The van der Waals surface area contributed by atoms with Crippen LogP contribution < -0.4 is 9.30 Å². The molecule has 0 aliphatic rings. The van der Waals surface area contributed by atoms with E-state index in [4.69, 9.17) is 9.72 Å². The van der Waals surface area contributed by atoms with Crippen molar-refractivity contribution in [1.29, 1.82) is 0 Å². The van der Waals surface area contributed by atoms with Crippen LogP contribution in [0.4, 0.5) is 0 Å². The molecule has 3 aromatic heterocycles. The number of imidazole rings is 1. The van der Waals surface area contributed by atoms with Crippen molar-refractivity contribution in [3.05, 3.63) is 269 Å². The van der Waals surface area contributed by atoms with E-state index >= 15 is 0 Å². The number of pyridine rings is 1. The number of benzene rings is 8. The maximum Gasteiger partial charge on any atom is 0.267 e. The third-order valence-electron chi connectivity index (χ3n) is 17.5. The first kappa shape index (κ1) is 59.6. The van der Waals surface area contributed by atoms with Crippen LogP contribution in [-0.4, -0.2) is 14.1 Å². The fraction of sp³-hybridized carbons (Fsp3) is 0.282. The third-order valence-corrected chi connectivity index (χ3v) is 17.5. The van der Waals surface area contributed by atoms with Crippen molar-refractivity contribution >= 4 is 21.8 Å². The van der Waals surface area contributed by atoms with Crippen molar-refractivity contribution in [3.63, 3.8) is 0 Å². The summed E-state index contributed by atoms with van der Waals surface area (Å²) in [5, 5.41) is 2.19. The van der Waals surface area contributed by atoms with Gasteiger partial charge in [0.25, 0.3) is 6.33 Å². The molecule has 5 nitrogen and oxygen atoms in total. The molecule has 0 saturated carbocycles. The van der Waals surface area contributed by atoms with Gasteiger partial charge in [-0.05, 0) is 120 Å². The van der Waals surface area contributed by atoms with E-state index in [-0.39, 0.29) is 26.5 Å². The predicted molar refractivity (Wildman–Crippen MR) is 345 cm³/mol. The van der Waals surface area contributed by atoms with Crippen molar-refractivity contribution in [1.82, 2.24) is 14.1 Å². The zero-order valence-corrected chi connectivity index (χ0v) is 54.0. The molecule has 6 heteroatoms. The molecule has 0 aliphatic carbocycles. The Bertz CT molecular complexity index is 4120. The number of hydrogen-bond acceptors (Lipinski definition) is 2. The van der Waals surface area contributed by atoms with Crippen LogP contribution >= 0.6 is 0 Å².